The zero-order valence-corrected chi connectivity index (χ0v) is 9.50. The molecule has 16 heavy (non-hydrogen) atoms. The predicted molar refractivity (Wildman–Crippen MR) is 59.1 cm³/mol. The number of nitrogens with two attached hydrogens (primary N) is 1. The second-order valence-corrected chi connectivity index (χ2v) is 4.51. The summed E-state index contributed by atoms with van der Waals surface area (Å²) in [5.74, 6) is -0.694. The number of halogens is 2. The van der Waals surface area contributed by atoms with Gasteiger partial charge in [-0.1, -0.05) is 0 Å². The lowest BCUT2D eigenvalue weighted by Crippen LogP contribution is -2.56. The van der Waals surface area contributed by atoms with Crippen LogP contribution in [0.5, 0.6) is 0 Å². The van der Waals surface area contributed by atoms with E-state index in [2.05, 4.69) is 0 Å². The lowest BCUT2D eigenvalue weighted by molar-refractivity contribution is 0.101. The van der Waals surface area contributed by atoms with Crippen LogP contribution in [-0.2, 0) is 0 Å². The van der Waals surface area contributed by atoms with Crippen molar-refractivity contribution in [2.75, 3.05) is 13.1 Å². The molecule has 0 amide bonds. The molecule has 4 heteroatoms. The molecule has 0 spiro atoms. The van der Waals surface area contributed by atoms with Gasteiger partial charge in [-0.15, -0.1) is 0 Å². The van der Waals surface area contributed by atoms with E-state index in [4.69, 9.17) is 5.73 Å². The van der Waals surface area contributed by atoms with Gasteiger partial charge in [-0.2, -0.15) is 0 Å². The first-order chi connectivity index (χ1) is 7.49. The SMILES string of the molecule is Cc1cc(F)c(C(C)N2CC(N)C2)cc1F. The minimum absolute atomic E-state index is 0.116. The second kappa shape index (κ2) is 4.11. The van der Waals surface area contributed by atoms with Crippen molar-refractivity contribution in [3.63, 3.8) is 0 Å². The van der Waals surface area contributed by atoms with Gasteiger partial charge in [-0.05, 0) is 31.5 Å². The summed E-state index contributed by atoms with van der Waals surface area (Å²) >= 11 is 0. The summed E-state index contributed by atoms with van der Waals surface area (Å²) in [6.07, 6.45) is 0. The van der Waals surface area contributed by atoms with Crippen LogP contribution < -0.4 is 5.73 Å². The van der Waals surface area contributed by atoms with Crippen LogP contribution in [-0.4, -0.2) is 24.0 Å². The van der Waals surface area contributed by atoms with E-state index in [1.165, 1.54) is 12.1 Å². The Balaban J connectivity index is 2.23. The van der Waals surface area contributed by atoms with E-state index in [-0.39, 0.29) is 23.7 Å². The van der Waals surface area contributed by atoms with Crippen molar-refractivity contribution in [1.82, 2.24) is 4.90 Å². The van der Waals surface area contributed by atoms with Crippen LogP contribution in [0.25, 0.3) is 0 Å². The van der Waals surface area contributed by atoms with E-state index in [1.54, 1.807) is 6.92 Å². The van der Waals surface area contributed by atoms with Crippen LogP contribution >= 0.6 is 0 Å². The largest absolute Gasteiger partial charge is 0.325 e. The smallest absolute Gasteiger partial charge is 0.128 e. The van der Waals surface area contributed by atoms with Gasteiger partial charge in [0.2, 0.25) is 0 Å². The Labute approximate surface area is 94.0 Å². The Kier molecular flexibility index (Phi) is 2.95. The summed E-state index contributed by atoms with van der Waals surface area (Å²) in [6.45, 7) is 4.93. The summed E-state index contributed by atoms with van der Waals surface area (Å²) in [7, 11) is 0. The second-order valence-electron chi connectivity index (χ2n) is 4.51. The average Bonchev–Trinajstić information content (AvgIpc) is 2.18. The third kappa shape index (κ3) is 1.95. The number of rotatable bonds is 2. The van der Waals surface area contributed by atoms with Crippen molar-refractivity contribution in [1.29, 1.82) is 0 Å². The Hall–Kier alpha value is -1.00. The van der Waals surface area contributed by atoms with Crippen LogP contribution in [0.3, 0.4) is 0 Å². The number of nitrogens with zero attached hydrogens (tertiary/aromatic N) is 1. The average molecular weight is 226 g/mol. The molecule has 0 bridgehead atoms. The molecule has 88 valence electrons. The molecule has 0 aliphatic carbocycles. The van der Waals surface area contributed by atoms with Crippen LogP contribution in [0.1, 0.15) is 24.1 Å². The standard InChI is InChI=1S/C12H16F2N2/c1-7-3-12(14)10(4-11(7)13)8(2)16-5-9(15)6-16/h3-4,8-9H,5-6,15H2,1-2H3. The Bertz CT molecular complexity index is 400. The fourth-order valence-corrected chi connectivity index (χ4v) is 2.04. The number of aryl methyl sites for hydroxylation is 1. The van der Waals surface area contributed by atoms with Gasteiger partial charge >= 0.3 is 0 Å². The molecule has 1 fully saturated rings. The highest BCUT2D eigenvalue weighted by atomic mass is 19.1. The van der Waals surface area contributed by atoms with E-state index in [0.717, 1.165) is 13.1 Å². The molecule has 1 aromatic rings. The zero-order valence-electron chi connectivity index (χ0n) is 9.50. The van der Waals surface area contributed by atoms with Gasteiger partial charge in [0.25, 0.3) is 0 Å². The number of benzene rings is 1. The monoisotopic (exact) mass is 226 g/mol. The van der Waals surface area contributed by atoms with Crippen molar-refractivity contribution >= 4 is 0 Å². The van der Waals surface area contributed by atoms with E-state index < -0.39 is 0 Å². The predicted octanol–water partition coefficient (Wildman–Crippen LogP) is 1.98. The van der Waals surface area contributed by atoms with E-state index >= 15 is 0 Å². The molecule has 2 N–H and O–H groups in total. The van der Waals surface area contributed by atoms with Crippen molar-refractivity contribution < 1.29 is 8.78 Å². The van der Waals surface area contributed by atoms with E-state index in [1.807, 2.05) is 11.8 Å². The first-order valence-electron chi connectivity index (χ1n) is 5.44. The van der Waals surface area contributed by atoms with Crippen LogP contribution in [0, 0.1) is 18.6 Å². The van der Waals surface area contributed by atoms with Crippen molar-refractivity contribution in [2.24, 2.45) is 5.73 Å². The fraction of sp³-hybridized carbons (Fsp3) is 0.500. The molecule has 1 atom stereocenters. The first-order valence-corrected chi connectivity index (χ1v) is 5.44. The minimum Gasteiger partial charge on any atom is -0.325 e. The minimum atomic E-state index is -0.354. The van der Waals surface area contributed by atoms with E-state index in [9.17, 15) is 8.78 Å². The van der Waals surface area contributed by atoms with Crippen LogP contribution in [0.2, 0.25) is 0 Å². The Morgan fingerprint density at radius 1 is 1.31 bits per heavy atom. The zero-order chi connectivity index (χ0) is 11.9. The highest BCUT2D eigenvalue weighted by Gasteiger charge is 2.29. The lowest BCUT2D eigenvalue weighted by atomic mass is 9.99. The highest BCUT2D eigenvalue weighted by molar-refractivity contribution is 5.27. The molecule has 2 rings (SSSR count). The quantitative estimate of drug-likeness (QED) is 0.835. The van der Waals surface area contributed by atoms with Gasteiger partial charge in [-0.25, -0.2) is 8.78 Å². The summed E-state index contributed by atoms with van der Waals surface area (Å²) < 4.78 is 27.0. The molecule has 1 aromatic carbocycles. The molecule has 0 radical (unpaired) electrons. The third-order valence-corrected chi connectivity index (χ3v) is 3.21. The maximum Gasteiger partial charge on any atom is 0.128 e. The van der Waals surface area contributed by atoms with Gasteiger partial charge in [0, 0.05) is 30.7 Å². The molecule has 1 heterocycles. The summed E-state index contributed by atoms with van der Waals surface area (Å²) in [6, 6.07) is 2.59. The van der Waals surface area contributed by atoms with Crippen molar-refractivity contribution in [3.05, 3.63) is 34.9 Å². The lowest BCUT2D eigenvalue weighted by Gasteiger charge is -2.41. The van der Waals surface area contributed by atoms with Gasteiger partial charge in [0.1, 0.15) is 11.6 Å². The maximum absolute atomic E-state index is 13.7. The maximum atomic E-state index is 13.7. The van der Waals surface area contributed by atoms with Crippen LogP contribution in [0.4, 0.5) is 8.78 Å². The van der Waals surface area contributed by atoms with Crippen LogP contribution in [0.15, 0.2) is 12.1 Å². The molecule has 1 aliphatic heterocycles. The molecule has 0 saturated carbocycles. The first kappa shape index (κ1) is 11.5. The highest BCUT2D eigenvalue weighted by Crippen LogP contribution is 2.28. The fourth-order valence-electron chi connectivity index (χ4n) is 2.04. The number of hydrogen-bond acceptors (Lipinski definition) is 2. The Morgan fingerprint density at radius 3 is 2.50 bits per heavy atom. The molecule has 1 saturated heterocycles. The normalized spacial score (nSPS) is 19.6. The van der Waals surface area contributed by atoms with Gasteiger partial charge in [0.15, 0.2) is 0 Å². The topological polar surface area (TPSA) is 29.3 Å². The van der Waals surface area contributed by atoms with Gasteiger partial charge in [-0.3, -0.25) is 4.90 Å². The molecule has 2 nitrogen and oxygen atoms in total. The molecule has 1 aliphatic rings. The molecule has 0 aromatic heterocycles. The number of hydrogen-bond donors (Lipinski definition) is 1. The summed E-state index contributed by atoms with van der Waals surface area (Å²) in [5.41, 5.74) is 6.42. The summed E-state index contributed by atoms with van der Waals surface area (Å²) in [4.78, 5) is 2.04. The van der Waals surface area contributed by atoms with E-state index in [0.29, 0.717) is 11.1 Å². The summed E-state index contributed by atoms with van der Waals surface area (Å²) in [5, 5.41) is 0. The molecular formula is C12H16F2N2. The molecule has 1 unspecified atom stereocenters. The molecular weight excluding hydrogens is 210 g/mol. The van der Waals surface area contributed by atoms with Crippen molar-refractivity contribution in [2.45, 2.75) is 25.9 Å². The van der Waals surface area contributed by atoms with Gasteiger partial charge in [0.05, 0.1) is 0 Å². The van der Waals surface area contributed by atoms with Crippen molar-refractivity contribution in [3.8, 4) is 0 Å². The van der Waals surface area contributed by atoms with Gasteiger partial charge < -0.3 is 5.73 Å². The number of likely N-dealkylation sites (tertiary alicyclic amines) is 1. The third-order valence-electron chi connectivity index (χ3n) is 3.21. The Morgan fingerprint density at radius 2 is 1.94 bits per heavy atom.